The van der Waals surface area contributed by atoms with E-state index in [-0.39, 0.29) is 17.1 Å². The fraction of sp³-hybridized carbons (Fsp3) is 0. The van der Waals surface area contributed by atoms with Crippen LogP contribution in [0.25, 0.3) is 0 Å². The zero-order chi connectivity index (χ0) is 7.71. The second-order valence-corrected chi connectivity index (χ2v) is 3.68. The van der Waals surface area contributed by atoms with Gasteiger partial charge in [-0.05, 0) is 0 Å². The first-order valence-corrected chi connectivity index (χ1v) is 4.59. The topological polar surface area (TPSA) is 124 Å². The first-order valence-electron chi connectivity index (χ1n) is 1.53. The van der Waals surface area contributed by atoms with Gasteiger partial charge in [-0.15, -0.1) is 0 Å². The predicted octanol–water partition coefficient (Wildman–Crippen LogP) is -0.814. The Morgan fingerprint density at radius 3 is 1.10 bits per heavy atom. The Bertz CT molecular complexity index is 152. The summed E-state index contributed by atoms with van der Waals surface area (Å²) in [5.41, 5.74) is 0. The van der Waals surface area contributed by atoms with Crippen LogP contribution in [-0.2, 0) is 30.5 Å². The van der Waals surface area contributed by atoms with Crippen LogP contribution in [0.15, 0.2) is 0 Å². The Kier molecular flexibility index (Phi) is 5.31. The van der Waals surface area contributed by atoms with Crippen LogP contribution in [0.2, 0.25) is 0 Å². The van der Waals surface area contributed by atoms with Crippen LogP contribution in [0.3, 0.4) is 0 Å². The molecule has 0 aliphatic rings. The molecule has 0 aliphatic carbocycles. The van der Waals surface area contributed by atoms with Crippen LogP contribution < -0.4 is 0 Å². The SMILES string of the molecule is O=P(O)(O)OP(=O)(O)O.[Mn]. The molecule has 0 unspecified atom stereocenters. The molecule has 0 saturated carbocycles. The van der Waals surface area contributed by atoms with E-state index in [1.807, 2.05) is 0 Å². The Hall–Kier alpha value is 0.779. The first-order chi connectivity index (χ1) is 3.71. The minimum Gasteiger partial charge on any atom is -0.302 e. The van der Waals surface area contributed by atoms with E-state index in [0.717, 1.165) is 0 Å². The van der Waals surface area contributed by atoms with Gasteiger partial charge in [0.15, 0.2) is 0 Å². The monoisotopic (exact) mass is 233 g/mol. The summed E-state index contributed by atoms with van der Waals surface area (Å²) in [6.07, 6.45) is 0. The summed E-state index contributed by atoms with van der Waals surface area (Å²) in [5.74, 6) is 0. The average molecular weight is 233 g/mol. The van der Waals surface area contributed by atoms with Gasteiger partial charge in [0.2, 0.25) is 0 Å². The van der Waals surface area contributed by atoms with Crippen molar-refractivity contribution in [2.24, 2.45) is 0 Å². The van der Waals surface area contributed by atoms with E-state index in [1.54, 1.807) is 0 Å². The Morgan fingerprint density at radius 2 is 1.10 bits per heavy atom. The first kappa shape index (κ1) is 13.4. The summed E-state index contributed by atoms with van der Waals surface area (Å²) < 4.78 is 22.2. The van der Waals surface area contributed by atoms with E-state index in [4.69, 9.17) is 19.6 Å². The largest absolute Gasteiger partial charge is 0.478 e. The van der Waals surface area contributed by atoms with Crippen LogP contribution in [0.5, 0.6) is 0 Å². The third-order valence-corrected chi connectivity index (χ3v) is 1.91. The van der Waals surface area contributed by atoms with Gasteiger partial charge in [0.1, 0.15) is 0 Å². The van der Waals surface area contributed by atoms with Crippen molar-refractivity contribution in [3.8, 4) is 0 Å². The molecule has 0 atom stereocenters. The van der Waals surface area contributed by atoms with Crippen molar-refractivity contribution in [1.29, 1.82) is 0 Å². The van der Waals surface area contributed by atoms with Gasteiger partial charge < -0.3 is 19.6 Å². The summed E-state index contributed by atoms with van der Waals surface area (Å²) in [6, 6.07) is 0. The molecule has 0 aromatic heterocycles. The molecule has 0 fully saturated rings. The molecular weight excluding hydrogens is 229 g/mol. The molecule has 10 heteroatoms. The molecule has 0 rings (SSSR count). The van der Waals surface area contributed by atoms with E-state index in [0.29, 0.717) is 0 Å². The van der Waals surface area contributed by atoms with Gasteiger partial charge in [-0.1, -0.05) is 0 Å². The molecule has 0 heterocycles. The van der Waals surface area contributed by atoms with Crippen molar-refractivity contribution in [3.05, 3.63) is 0 Å². The predicted molar refractivity (Wildman–Crippen MR) is 25.2 cm³/mol. The van der Waals surface area contributed by atoms with Gasteiger partial charge in [-0.25, -0.2) is 9.13 Å². The van der Waals surface area contributed by atoms with Crippen LogP contribution in [0.1, 0.15) is 0 Å². The van der Waals surface area contributed by atoms with Crippen molar-refractivity contribution in [2.75, 3.05) is 0 Å². The summed E-state index contributed by atoms with van der Waals surface area (Å²) in [5, 5.41) is 0. The third-order valence-electron chi connectivity index (χ3n) is 0.213. The van der Waals surface area contributed by atoms with E-state index < -0.39 is 15.6 Å². The smallest absolute Gasteiger partial charge is 0.302 e. The van der Waals surface area contributed by atoms with Crippen molar-refractivity contribution in [3.63, 3.8) is 0 Å². The minimum absolute atomic E-state index is 0. The molecule has 4 N–H and O–H groups in total. The Labute approximate surface area is 66.4 Å². The number of phosphoric acid groups is 2. The van der Waals surface area contributed by atoms with E-state index >= 15 is 0 Å². The minimum atomic E-state index is -5.05. The van der Waals surface area contributed by atoms with Gasteiger partial charge in [0.25, 0.3) is 0 Å². The van der Waals surface area contributed by atoms with Crippen molar-refractivity contribution < 1.29 is 50.1 Å². The van der Waals surface area contributed by atoms with Gasteiger partial charge in [0, 0.05) is 17.1 Å². The Morgan fingerprint density at radius 1 is 0.900 bits per heavy atom. The third kappa shape index (κ3) is 11.6. The van der Waals surface area contributed by atoms with E-state index in [9.17, 15) is 9.13 Å². The quantitative estimate of drug-likeness (QED) is 0.363. The van der Waals surface area contributed by atoms with Crippen LogP contribution >= 0.6 is 15.6 Å². The molecule has 0 bridgehead atoms. The molecule has 0 saturated heterocycles. The van der Waals surface area contributed by atoms with Gasteiger partial charge in [0.05, 0.1) is 0 Å². The molecule has 7 nitrogen and oxygen atoms in total. The molecule has 1 radical (unpaired) electrons. The maximum absolute atomic E-state index is 9.63. The number of rotatable bonds is 2. The van der Waals surface area contributed by atoms with Crippen LogP contribution in [0, 0.1) is 0 Å². The van der Waals surface area contributed by atoms with E-state index in [1.165, 1.54) is 0 Å². The molecule has 0 aromatic rings. The molecule has 0 aromatic carbocycles. The normalized spacial score (nSPS) is 12.4. The second kappa shape index (κ2) is 3.97. The average Bonchev–Trinajstić information content (AvgIpc) is 1.14. The van der Waals surface area contributed by atoms with Crippen molar-refractivity contribution in [1.82, 2.24) is 0 Å². The summed E-state index contributed by atoms with van der Waals surface area (Å²) >= 11 is 0. The standard InChI is InChI=1S/Mn.H4O7P2/c;1-8(2,3)7-9(4,5)6/h;(H2,1,2,3)(H2,4,5,6). The van der Waals surface area contributed by atoms with Crippen LogP contribution in [-0.4, -0.2) is 19.6 Å². The molecule has 0 spiro atoms. The summed E-state index contributed by atoms with van der Waals surface area (Å²) in [7, 11) is -10.1. The zero-order valence-corrected chi connectivity index (χ0v) is 7.26. The number of hydrogen-bond acceptors (Lipinski definition) is 3. The maximum Gasteiger partial charge on any atom is 0.478 e. The fourth-order valence-corrected chi connectivity index (χ4v) is 1.25. The molecular formula is H4MnO7P2. The maximum atomic E-state index is 9.63. The van der Waals surface area contributed by atoms with Crippen molar-refractivity contribution >= 4 is 15.6 Å². The number of hydrogen-bond donors (Lipinski definition) is 4. The molecule has 0 aliphatic heterocycles. The summed E-state index contributed by atoms with van der Waals surface area (Å²) in [4.78, 5) is 31.0. The summed E-state index contributed by atoms with van der Waals surface area (Å²) in [6.45, 7) is 0. The van der Waals surface area contributed by atoms with Gasteiger partial charge >= 0.3 is 15.6 Å². The molecule has 63 valence electrons. The molecule has 10 heavy (non-hydrogen) atoms. The van der Waals surface area contributed by atoms with Gasteiger partial charge in [-0.3, -0.25) is 0 Å². The zero-order valence-electron chi connectivity index (χ0n) is 4.29. The molecule has 0 amide bonds. The van der Waals surface area contributed by atoms with E-state index in [2.05, 4.69) is 4.31 Å². The second-order valence-electron chi connectivity index (χ2n) is 1.06. The fourth-order valence-electron chi connectivity index (χ4n) is 0.139. The van der Waals surface area contributed by atoms with Crippen LogP contribution in [0.4, 0.5) is 0 Å². The van der Waals surface area contributed by atoms with Gasteiger partial charge in [-0.2, -0.15) is 4.31 Å². The van der Waals surface area contributed by atoms with Crippen molar-refractivity contribution in [2.45, 2.75) is 0 Å². The Balaban J connectivity index is 0.